The molecule has 2 fully saturated rings. The van der Waals surface area contributed by atoms with Crippen molar-refractivity contribution < 1.29 is 34.6 Å². The fourth-order valence-corrected chi connectivity index (χ4v) is 3.18. The molecule has 5 N–H and O–H groups in total. The van der Waals surface area contributed by atoms with Gasteiger partial charge in [0, 0.05) is 18.2 Å². The molecule has 8 atom stereocenters. The molecule has 0 radical (unpaired) electrons. The Hall–Kier alpha value is -1.60. The van der Waals surface area contributed by atoms with E-state index in [1.54, 1.807) is 6.92 Å². The lowest BCUT2D eigenvalue weighted by Gasteiger charge is -2.39. The van der Waals surface area contributed by atoms with Crippen molar-refractivity contribution in [3.63, 3.8) is 0 Å². The van der Waals surface area contributed by atoms with Crippen LogP contribution in [0.5, 0.6) is 0 Å². The summed E-state index contributed by atoms with van der Waals surface area (Å²) in [5.74, 6) is 0. The van der Waals surface area contributed by atoms with Gasteiger partial charge in [0.05, 0.1) is 18.8 Å². The van der Waals surface area contributed by atoms with Gasteiger partial charge in [-0.15, -0.1) is 0 Å². The van der Waals surface area contributed by atoms with Crippen LogP contribution in [-0.2, 0) is 14.2 Å². The number of H-pyrrole nitrogens is 1. The molecule has 3 rings (SSSR count). The predicted octanol–water partition coefficient (Wildman–Crippen LogP) is -2.66. The van der Waals surface area contributed by atoms with Gasteiger partial charge in [0.1, 0.15) is 30.6 Å². The molecule has 0 unspecified atom stereocenters. The summed E-state index contributed by atoms with van der Waals surface area (Å²) < 4.78 is 17.6. The quantitative estimate of drug-likeness (QED) is 0.370. The third-order valence-corrected chi connectivity index (χ3v) is 4.89. The van der Waals surface area contributed by atoms with E-state index in [1.807, 2.05) is 0 Å². The number of ether oxygens (including phenoxy) is 3. The van der Waals surface area contributed by atoms with Gasteiger partial charge in [-0.05, 0) is 13.8 Å². The van der Waals surface area contributed by atoms with E-state index < -0.39 is 60.4 Å². The van der Waals surface area contributed by atoms with Crippen molar-refractivity contribution in [3.05, 3.63) is 32.6 Å². The molecule has 0 saturated carbocycles. The molecule has 0 aromatic carbocycles. The predicted molar refractivity (Wildman–Crippen MR) is 88.9 cm³/mol. The molecule has 152 valence electrons. The summed E-state index contributed by atoms with van der Waals surface area (Å²) in [5, 5.41) is 39.6. The highest BCUT2D eigenvalue weighted by Crippen LogP contribution is 2.29. The zero-order valence-electron chi connectivity index (χ0n) is 14.9. The number of aromatic amines is 1. The number of nitrogens with one attached hydrogen (secondary N) is 1. The maximum absolute atomic E-state index is 12.0. The molecule has 11 nitrogen and oxygen atoms in total. The Morgan fingerprint density at radius 3 is 2.59 bits per heavy atom. The van der Waals surface area contributed by atoms with Crippen molar-refractivity contribution >= 4 is 0 Å². The summed E-state index contributed by atoms with van der Waals surface area (Å²) in [7, 11) is 0. The Labute approximate surface area is 153 Å². The second-order valence-electron chi connectivity index (χ2n) is 6.93. The van der Waals surface area contributed by atoms with Gasteiger partial charge in [0.25, 0.3) is 5.56 Å². The third-order valence-electron chi connectivity index (χ3n) is 4.89. The monoisotopic (exact) mass is 388 g/mol. The smallest absolute Gasteiger partial charge is 0.330 e. The average Bonchev–Trinajstić information content (AvgIpc) is 2.98. The fraction of sp³-hybridized carbons (Fsp3) is 0.750. The molecule has 11 heteroatoms. The number of aromatic nitrogens is 2. The number of nitrogens with zero attached hydrogens (tertiary/aromatic N) is 1. The van der Waals surface area contributed by atoms with Crippen molar-refractivity contribution in [2.45, 2.75) is 69.4 Å². The average molecular weight is 388 g/mol. The minimum absolute atomic E-state index is 0.102. The molecule has 3 heterocycles. The van der Waals surface area contributed by atoms with Gasteiger partial charge in [0.2, 0.25) is 0 Å². The molecule has 0 aliphatic carbocycles. The van der Waals surface area contributed by atoms with E-state index in [1.165, 1.54) is 17.7 Å². The summed E-state index contributed by atoms with van der Waals surface area (Å²) in [6.45, 7) is 2.90. The van der Waals surface area contributed by atoms with Gasteiger partial charge in [-0.1, -0.05) is 0 Å². The van der Waals surface area contributed by atoms with Crippen molar-refractivity contribution in [2.24, 2.45) is 0 Å². The highest BCUT2D eigenvalue weighted by Gasteiger charge is 2.43. The molecule has 2 aliphatic heterocycles. The SMILES string of the molecule is Cc1cn([C@H]2C[C@H](O)[C@@H](CO[C@H]3O[C@@H](C)[C@H](O)[C@@H](O)[C@H]3O)O2)c(=O)[nH]c1=O. The van der Waals surface area contributed by atoms with Crippen molar-refractivity contribution in [1.29, 1.82) is 0 Å². The van der Waals surface area contributed by atoms with E-state index in [2.05, 4.69) is 4.98 Å². The molecule has 0 amide bonds. The Bertz CT molecular complexity index is 778. The van der Waals surface area contributed by atoms with Crippen LogP contribution in [0.1, 0.15) is 25.1 Å². The van der Waals surface area contributed by atoms with Crippen LogP contribution in [0.25, 0.3) is 0 Å². The van der Waals surface area contributed by atoms with E-state index in [0.29, 0.717) is 5.56 Å². The number of rotatable bonds is 4. The first-order valence-electron chi connectivity index (χ1n) is 8.66. The Morgan fingerprint density at radius 1 is 1.19 bits per heavy atom. The van der Waals surface area contributed by atoms with Gasteiger partial charge < -0.3 is 34.6 Å². The zero-order chi connectivity index (χ0) is 19.9. The molecule has 0 spiro atoms. The summed E-state index contributed by atoms with van der Waals surface area (Å²) in [4.78, 5) is 25.6. The van der Waals surface area contributed by atoms with Gasteiger partial charge in [-0.2, -0.15) is 0 Å². The van der Waals surface area contributed by atoms with E-state index in [9.17, 15) is 30.0 Å². The molecule has 0 bridgehead atoms. The first-order valence-corrected chi connectivity index (χ1v) is 8.66. The van der Waals surface area contributed by atoms with Crippen LogP contribution in [0.3, 0.4) is 0 Å². The topological polar surface area (TPSA) is 163 Å². The van der Waals surface area contributed by atoms with Crippen LogP contribution in [0.4, 0.5) is 0 Å². The van der Waals surface area contributed by atoms with E-state index in [0.717, 1.165) is 0 Å². The molecule has 2 saturated heterocycles. The van der Waals surface area contributed by atoms with Crippen LogP contribution >= 0.6 is 0 Å². The van der Waals surface area contributed by atoms with Crippen LogP contribution < -0.4 is 11.2 Å². The second-order valence-corrected chi connectivity index (χ2v) is 6.93. The van der Waals surface area contributed by atoms with Gasteiger partial charge in [-0.3, -0.25) is 14.3 Å². The van der Waals surface area contributed by atoms with Crippen LogP contribution in [0, 0.1) is 6.92 Å². The molecule has 27 heavy (non-hydrogen) atoms. The van der Waals surface area contributed by atoms with E-state index >= 15 is 0 Å². The second kappa shape index (κ2) is 7.80. The van der Waals surface area contributed by atoms with Crippen LogP contribution in [0.15, 0.2) is 15.8 Å². The third kappa shape index (κ3) is 3.99. The molecule has 2 aliphatic rings. The maximum Gasteiger partial charge on any atom is 0.330 e. The first kappa shape index (κ1) is 20.1. The molecule has 1 aromatic heterocycles. The number of aliphatic hydroxyl groups excluding tert-OH is 4. The van der Waals surface area contributed by atoms with Crippen LogP contribution in [-0.4, -0.2) is 79.5 Å². The number of aryl methyl sites for hydroxylation is 1. The van der Waals surface area contributed by atoms with Crippen molar-refractivity contribution in [1.82, 2.24) is 9.55 Å². The minimum atomic E-state index is -1.46. The lowest BCUT2D eigenvalue weighted by Crippen LogP contribution is -2.57. The summed E-state index contributed by atoms with van der Waals surface area (Å²) in [6, 6.07) is 0. The summed E-state index contributed by atoms with van der Waals surface area (Å²) in [6.07, 6.45) is -7.19. The van der Waals surface area contributed by atoms with Gasteiger partial charge >= 0.3 is 5.69 Å². The van der Waals surface area contributed by atoms with Crippen molar-refractivity contribution in [2.75, 3.05) is 6.61 Å². The maximum atomic E-state index is 12.0. The van der Waals surface area contributed by atoms with E-state index in [4.69, 9.17) is 14.2 Å². The fourth-order valence-electron chi connectivity index (χ4n) is 3.18. The summed E-state index contributed by atoms with van der Waals surface area (Å²) >= 11 is 0. The molecule has 1 aromatic rings. The normalized spacial score (nSPS) is 39.6. The Morgan fingerprint density at radius 2 is 1.89 bits per heavy atom. The lowest BCUT2D eigenvalue weighted by molar-refractivity contribution is -0.298. The zero-order valence-corrected chi connectivity index (χ0v) is 14.9. The van der Waals surface area contributed by atoms with E-state index in [-0.39, 0.29) is 13.0 Å². The van der Waals surface area contributed by atoms with Gasteiger partial charge in [0.15, 0.2) is 6.29 Å². The molecular weight excluding hydrogens is 364 g/mol. The Balaban J connectivity index is 1.63. The standard InChI is InChI=1S/C16H24N2O9/c1-6-4-18(16(24)17-14(6)23)10-3-8(19)9(27-10)5-25-15-13(22)12(21)11(20)7(2)26-15/h4,7-13,15,19-22H,3,5H2,1-2H3,(H,17,23,24)/t7-,8-,9+,10+,11-,12+,13+,15-/m0/s1. The number of aliphatic hydroxyl groups is 4. The molecular formula is C16H24N2O9. The minimum Gasteiger partial charge on any atom is -0.390 e. The van der Waals surface area contributed by atoms with Gasteiger partial charge in [-0.25, -0.2) is 4.79 Å². The highest BCUT2D eigenvalue weighted by molar-refractivity contribution is 5.02. The lowest BCUT2D eigenvalue weighted by atomic mass is 10.00. The largest absolute Gasteiger partial charge is 0.390 e. The number of hydrogen-bond donors (Lipinski definition) is 5. The Kier molecular flexibility index (Phi) is 5.82. The highest BCUT2D eigenvalue weighted by atomic mass is 16.7. The van der Waals surface area contributed by atoms with Crippen molar-refractivity contribution in [3.8, 4) is 0 Å². The van der Waals surface area contributed by atoms with Crippen LogP contribution in [0.2, 0.25) is 0 Å². The number of hydrogen-bond acceptors (Lipinski definition) is 9. The first-order chi connectivity index (χ1) is 12.7. The summed E-state index contributed by atoms with van der Waals surface area (Å²) in [5.41, 5.74) is -0.818.